The summed E-state index contributed by atoms with van der Waals surface area (Å²) >= 11 is 0. The number of ketones is 1. The molecule has 1 saturated heterocycles. The largest absolute Gasteiger partial charge is 0.457 e. The number of hydrogen-bond donors (Lipinski definition) is 0. The summed E-state index contributed by atoms with van der Waals surface area (Å²) in [7, 11) is 0. The van der Waals surface area contributed by atoms with Crippen molar-refractivity contribution in [1.82, 2.24) is 4.57 Å². The highest BCUT2D eigenvalue weighted by Gasteiger charge is 2.36. The molecule has 0 bridgehead atoms. The predicted molar refractivity (Wildman–Crippen MR) is 116 cm³/mol. The third-order valence-electron chi connectivity index (χ3n) is 5.65. The molecule has 0 saturated carbocycles. The third kappa shape index (κ3) is 4.37. The number of carbonyl (C=O) groups excluding carboxylic acids is 3. The molecule has 1 aromatic carbocycles. The van der Waals surface area contributed by atoms with Crippen molar-refractivity contribution in [2.24, 2.45) is 5.92 Å². The fraction of sp³-hybridized carbons (Fsp3) is 0.375. The molecule has 0 spiro atoms. The van der Waals surface area contributed by atoms with Crippen LogP contribution in [0.4, 0.5) is 5.69 Å². The second kappa shape index (κ2) is 9.11. The Kier molecular flexibility index (Phi) is 6.55. The van der Waals surface area contributed by atoms with Gasteiger partial charge in [-0.15, -0.1) is 6.58 Å². The van der Waals surface area contributed by atoms with Crippen LogP contribution in [-0.4, -0.2) is 35.4 Å². The van der Waals surface area contributed by atoms with E-state index in [4.69, 9.17) is 4.74 Å². The quantitative estimate of drug-likeness (QED) is 0.380. The predicted octanol–water partition coefficient (Wildman–Crippen LogP) is 3.63. The van der Waals surface area contributed by atoms with Crippen LogP contribution in [0.3, 0.4) is 0 Å². The Balaban J connectivity index is 1.60. The summed E-state index contributed by atoms with van der Waals surface area (Å²) in [6.07, 6.45) is 2.79. The van der Waals surface area contributed by atoms with Gasteiger partial charge in [0.2, 0.25) is 11.7 Å². The molecule has 3 rings (SSSR count). The Hall–Kier alpha value is -3.15. The Morgan fingerprint density at radius 2 is 1.93 bits per heavy atom. The third-order valence-corrected chi connectivity index (χ3v) is 5.65. The smallest absolute Gasteiger partial charge is 0.311 e. The van der Waals surface area contributed by atoms with Crippen molar-refractivity contribution in [1.29, 1.82) is 0 Å². The molecule has 1 fully saturated rings. The van der Waals surface area contributed by atoms with Crippen molar-refractivity contribution in [3.63, 3.8) is 0 Å². The van der Waals surface area contributed by atoms with Crippen LogP contribution in [0.25, 0.3) is 0 Å². The van der Waals surface area contributed by atoms with Crippen LogP contribution in [0, 0.1) is 19.8 Å². The number of amides is 1. The first kappa shape index (κ1) is 21.6. The average Bonchev–Trinajstić information content (AvgIpc) is 3.27. The number of carbonyl (C=O) groups is 3. The Labute approximate surface area is 177 Å². The van der Waals surface area contributed by atoms with Crippen LogP contribution in [0.15, 0.2) is 43.0 Å². The van der Waals surface area contributed by atoms with Gasteiger partial charge in [-0.2, -0.15) is 0 Å². The number of nitrogens with zero attached hydrogens (tertiary/aromatic N) is 2. The van der Waals surface area contributed by atoms with E-state index in [-0.39, 0.29) is 31.3 Å². The molecule has 1 aliphatic rings. The molecule has 0 N–H and O–H groups in total. The molecule has 6 heteroatoms. The van der Waals surface area contributed by atoms with E-state index in [0.29, 0.717) is 12.1 Å². The van der Waals surface area contributed by atoms with Gasteiger partial charge in [0.05, 0.1) is 5.92 Å². The van der Waals surface area contributed by atoms with Gasteiger partial charge in [0, 0.05) is 42.1 Å². The lowest BCUT2D eigenvalue weighted by Crippen LogP contribution is -2.27. The first-order chi connectivity index (χ1) is 14.3. The summed E-state index contributed by atoms with van der Waals surface area (Å²) < 4.78 is 7.26. The van der Waals surface area contributed by atoms with Crippen LogP contribution in [0.1, 0.15) is 40.7 Å². The topological polar surface area (TPSA) is 68.6 Å². The standard InChI is InChI=1S/C24H28N2O4/c1-5-11-25-16(3)12-21(17(25)4)22(27)15-30-24(29)19-13-23(28)26(14-19)20-9-7-18(6-2)8-10-20/h5,7-10,12,19H,1,6,11,13-15H2,2-4H3/t19-/m1/s1. The van der Waals surface area contributed by atoms with E-state index in [2.05, 4.69) is 13.5 Å². The summed E-state index contributed by atoms with van der Waals surface area (Å²) in [6.45, 7) is 10.1. The fourth-order valence-electron chi connectivity index (χ4n) is 3.85. The lowest BCUT2D eigenvalue weighted by Gasteiger charge is -2.17. The molecule has 0 radical (unpaired) electrons. The zero-order valence-electron chi connectivity index (χ0n) is 17.8. The Bertz CT molecular complexity index is 972. The molecule has 6 nitrogen and oxygen atoms in total. The lowest BCUT2D eigenvalue weighted by molar-refractivity contribution is -0.147. The summed E-state index contributed by atoms with van der Waals surface area (Å²) in [6, 6.07) is 9.56. The van der Waals surface area contributed by atoms with Gasteiger partial charge in [-0.05, 0) is 44.0 Å². The molecule has 0 unspecified atom stereocenters. The highest BCUT2D eigenvalue weighted by Crippen LogP contribution is 2.26. The highest BCUT2D eigenvalue weighted by atomic mass is 16.5. The molecule has 0 aliphatic carbocycles. The molecule has 2 heterocycles. The minimum Gasteiger partial charge on any atom is -0.457 e. The van der Waals surface area contributed by atoms with E-state index in [0.717, 1.165) is 23.5 Å². The van der Waals surface area contributed by atoms with Gasteiger partial charge in [0.15, 0.2) is 6.61 Å². The number of hydrogen-bond acceptors (Lipinski definition) is 4. The zero-order valence-corrected chi connectivity index (χ0v) is 17.8. The van der Waals surface area contributed by atoms with Crippen LogP contribution < -0.4 is 4.90 Å². The van der Waals surface area contributed by atoms with Gasteiger partial charge in [0.1, 0.15) is 0 Å². The number of esters is 1. The van der Waals surface area contributed by atoms with E-state index in [1.807, 2.05) is 42.7 Å². The monoisotopic (exact) mass is 408 g/mol. The first-order valence-corrected chi connectivity index (χ1v) is 10.2. The molecular formula is C24H28N2O4. The van der Waals surface area contributed by atoms with E-state index < -0.39 is 11.9 Å². The van der Waals surface area contributed by atoms with Crippen LogP contribution in [-0.2, 0) is 27.3 Å². The summed E-state index contributed by atoms with van der Waals surface area (Å²) in [5.74, 6) is -1.43. The number of allylic oxidation sites excluding steroid dienone is 1. The number of benzene rings is 1. The maximum Gasteiger partial charge on any atom is 0.311 e. The number of aryl methyl sites for hydroxylation is 2. The van der Waals surface area contributed by atoms with Crippen molar-refractivity contribution in [2.45, 2.75) is 40.2 Å². The number of anilines is 1. The normalized spacial score (nSPS) is 16.0. The first-order valence-electron chi connectivity index (χ1n) is 10.2. The molecule has 1 atom stereocenters. The van der Waals surface area contributed by atoms with Gasteiger partial charge >= 0.3 is 5.97 Å². The average molecular weight is 408 g/mol. The second-order valence-electron chi connectivity index (χ2n) is 7.64. The fourth-order valence-corrected chi connectivity index (χ4v) is 3.85. The number of Topliss-reactive ketones (excluding diaryl/α,β-unsaturated/α-hetero) is 1. The van der Waals surface area contributed by atoms with E-state index in [9.17, 15) is 14.4 Å². The maximum atomic E-state index is 12.6. The molecule has 30 heavy (non-hydrogen) atoms. The van der Waals surface area contributed by atoms with Crippen LogP contribution >= 0.6 is 0 Å². The molecule has 2 aromatic rings. The molecular weight excluding hydrogens is 380 g/mol. The van der Waals surface area contributed by atoms with E-state index in [1.54, 1.807) is 17.0 Å². The van der Waals surface area contributed by atoms with Crippen molar-refractivity contribution < 1.29 is 19.1 Å². The summed E-state index contributed by atoms with van der Waals surface area (Å²) in [5, 5.41) is 0. The van der Waals surface area contributed by atoms with Gasteiger partial charge in [-0.3, -0.25) is 14.4 Å². The van der Waals surface area contributed by atoms with E-state index >= 15 is 0 Å². The second-order valence-corrected chi connectivity index (χ2v) is 7.64. The van der Waals surface area contributed by atoms with Crippen molar-refractivity contribution in [3.8, 4) is 0 Å². The maximum absolute atomic E-state index is 12.6. The molecule has 1 aliphatic heterocycles. The van der Waals surface area contributed by atoms with Gasteiger partial charge in [-0.25, -0.2) is 0 Å². The lowest BCUT2D eigenvalue weighted by atomic mass is 10.1. The minimum atomic E-state index is -0.565. The van der Waals surface area contributed by atoms with Crippen molar-refractivity contribution in [2.75, 3.05) is 18.1 Å². The van der Waals surface area contributed by atoms with Crippen LogP contribution in [0.2, 0.25) is 0 Å². The summed E-state index contributed by atoms with van der Waals surface area (Å²) in [4.78, 5) is 39.1. The van der Waals surface area contributed by atoms with Gasteiger partial charge in [-0.1, -0.05) is 25.1 Å². The SMILES string of the molecule is C=CCn1c(C)cc(C(=O)COC(=O)[C@@H]2CC(=O)N(c3ccc(CC)cc3)C2)c1C. The van der Waals surface area contributed by atoms with Crippen LogP contribution in [0.5, 0.6) is 0 Å². The zero-order chi connectivity index (χ0) is 21.8. The van der Waals surface area contributed by atoms with Crippen molar-refractivity contribution >= 4 is 23.3 Å². The van der Waals surface area contributed by atoms with Gasteiger partial charge < -0.3 is 14.2 Å². The molecule has 1 amide bonds. The number of rotatable bonds is 8. The summed E-state index contributed by atoms with van der Waals surface area (Å²) in [5.41, 5.74) is 4.28. The molecule has 158 valence electrons. The van der Waals surface area contributed by atoms with Gasteiger partial charge in [0.25, 0.3) is 0 Å². The Morgan fingerprint density at radius 1 is 1.23 bits per heavy atom. The van der Waals surface area contributed by atoms with E-state index in [1.165, 1.54) is 5.56 Å². The highest BCUT2D eigenvalue weighted by molar-refractivity contribution is 6.01. The van der Waals surface area contributed by atoms with Crippen molar-refractivity contribution in [3.05, 3.63) is 65.5 Å². The minimum absolute atomic E-state index is 0.0937. The number of ether oxygens (including phenoxy) is 1. The Morgan fingerprint density at radius 3 is 2.57 bits per heavy atom. The number of aromatic nitrogens is 1. The molecule has 1 aromatic heterocycles.